The van der Waals surface area contributed by atoms with Gasteiger partial charge in [-0.2, -0.15) is 5.10 Å². The predicted molar refractivity (Wildman–Crippen MR) is 126 cm³/mol. The maximum absolute atomic E-state index is 12.8. The summed E-state index contributed by atoms with van der Waals surface area (Å²) in [5, 5.41) is 4.37. The zero-order valence-electron chi connectivity index (χ0n) is 16.9. The molecule has 32 heavy (non-hydrogen) atoms. The van der Waals surface area contributed by atoms with E-state index in [1.54, 1.807) is 24.3 Å². The summed E-state index contributed by atoms with van der Waals surface area (Å²) in [6, 6.07) is 17.3. The number of ether oxygens (including phenoxy) is 1. The Morgan fingerprint density at radius 1 is 1.06 bits per heavy atom. The van der Waals surface area contributed by atoms with Crippen molar-refractivity contribution in [3.8, 4) is 5.75 Å². The lowest BCUT2D eigenvalue weighted by Gasteiger charge is -2.11. The van der Waals surface area contributed by atoms with E-state index in [1.807, 2.05) is 19.1 Å². The number of amides is 1. The zero-order chi connectivity index (χ0) is 23.1. The number of halogens is 2. The molecule has 1 amide bonds. The summed E-state index contributed by atoms with van der Waals surface area (Å²) in [4.78, 5) is 12.3. The number of benzene rings is 3. The number of rotatable bonds is 8. The third-order valence-electron chi connectivity index (χ3n) is 4.17. The van der Waals surface area contributed by atoms with Crippen LogP contribution in [0.5, 0.6) is 5.75 Å². The number of sulfonamides is 1. The SMILES string of the molecule is CCOc1ccccc1C=NNC(=O)c1ccc(Cl)c(S(=O)(=O)Nc2ccc(Cl)cc2)c1. The van der Waals surface area contributed by atoms with Crippen LogP contribution in [-0.2, 0) is 10.0 Å². The smallest absolute Gasteiger partial charge is 0.271 e. The van der Waals surface area contributed by atoms with Crippen LogP contribution in [0.25, 0.3) is 0 Å². The quantitative estimate of drug-likeness (QED) is 0.343. The molecule has 2 N–H and O–H groups in total. The van der Waals surface area contributed by atoms with Crippen molar-refractivity contribution in [2.45, 2.75) is 11.8 Å². The molecule has 0 aromatic heterocycles. The molecule has 166 valence electrons. The van der Waals surface area contributed by atoms with E-state index in [-0.39, 0.29) is 15.5 Å². The Bertz CT molecular complexity index is 1250. The summed E-state index contributed by atoms with van der Waals surface area (Å²) in [5.41, 5.74) is 3.43. The molecule has 0 bridgehead atoms. The van der Waals surface area contributed by atoms with E-state index in [4.69, 9.17) is 27.9 Å². The molecule has 0 aliphatic carbocycles. The molecule has 0 saturated carbocycles. The van der Waals surface area contributed by atoms with Crippen molar-refractivity contribution >= 4 is 51.0 Å². The van der Waals surface area contributed by atoms with E-state index in [2.05, 4.69) is 15.2 Å². The first-order chi connectivity index (χ1) is 15.3. The third kappa shape index (κ3) is 6.00. The summed E-state index contributed by atoms with van der Waals surface area (Å²) < 4.78 is 33.5. The minimum Gasteiger partial charge on any atom is -0.493 e. The van der Waals surface area contributed by atoms with E-state index < -0.39 is 15.9 Å². The molecule has 0 aliphatic heterocycles. The number of hydrogen-bond donors (Lipinski definition) is 2. The number of hydrazone groups is 1. The van der Waals surface area contributed by atoms with Crippen LogP contribution < -0.4 is 14.9 Å². The molecule has 3 rings (SSSR count). The van der Waals surface area contributed by atoms with Gasteiger partial charge in [0.15, 0.2) is 0 Å². The third-order valence-corrected chi connectivity index (χ3v) is 6.28. The fraction of sp³-hybridized carbons (Fsp3) is 0.0909. The van der Waals surface area contributed by atoms with Gasteiger partial charge in [0.1, 0.15) is 10.6 Å². The monoisotopic (exact) mass is 491 g/mol. The Morgan fingerprint density at radius 2 is 1.78 bits per heavy atom. The lowest BCUT2D eigenvalue weighted by molar-refractivity contribution is 0.0955. The van der Waals surface area contributed by atoms with Crippen LogP contribution in [-0.4, -0.2) is 27.1 Å². The Hall–Kier alpha value is -3.07. The number of para-hydroxylation sites is 1. The Balaban J connectivity index is 1.77. The molecule has 0 fully saturated rings. The minimum absolute atomic E-state index is 0.0304. The summed E-state index contributed by atoms with van der Waals surface area (Å²) in [6.07, 6.45) is 1.44. The van der Waals surface area contributed by atoms with Gasteiger partial charge in [0.2, 0.25) is 0 Å². The second-order valence-corrected chi connectivity index (χ2v) is 8.92. The molecular weight excluding hydrogens is 473 g/mol. The van der Waals surface area contributed by atoms with Crippen molar-refractivity contribution in [1.29, 1.82) is 0 Å². The average molecular weight is 492 g/mol. The first-order valence-corrected chi connectivity index (χ1v) is 11.7. The first kappa shape index (κ1) is 23.6. The lowest BCUT2D eigenvalue weighted by Crippen LogP contribution is -2.19. The van der Waals surface area contributed by atoms with Crippen LogP contribution in [0.1, 0.15) is 22.8 Å². The van der Waals surface area contributed by atoms with Crippen molar-refractivity contribution in [2.24, 2.45) is 5.10 Å². The van der Waals surface area contributed by atoms with Crippen molar-refractivity contribution < 1.29 is 17.9 Å². The van der Waals surface area contributed by atoms with Crippen molar-refractivity contribution in [3.63, 3.8) is 0 Å². The lowest BCUT2D eigenvalue weighted by atomic mass is 10.2. The molecule has 0 saturated heterocycles. The van der Waals surface area contributed by atoms with Gasteiger partial charge < -0.3 is 4.74 Å². The largest absolute Gasteiger partial charge is 0.493 e. The van der Waals surface area contributed by atoms with E-state index in [9.17, 15) is 13.2 Å². The van der Waals surface area contributed by atoms with Gasteiger partial charge in [-0.3, -0.25) is 9.52 Å². The fourth-order valence-corrected chi connectivity index (χ4v) is 4.39. The Kier molecular flexibility index (Phi) is 7.74. The van der Waals surface area contributed by atoms with Crippen molar-refractivity contribution in [3.05, 3.63) is 87.9 Å². The highest BCUT2D eigenvalue weighted by molar-refractivity contribution is 7.92. The number of hydrogen-bond acceptors (Lipinski definition) is 5. The second-order valence-electron chi connectivity index (χ2n) is 6.43. The van der Waals surface area contributed by atoms with Gasteiger partial charge in [-0.1, -0.05) is 35.3 Å². The minimum atomic E-state index is -4.05. The molecule has 3 aromatic rings. The first-order valence-electron chi connectivity index (χ1n) is 9.43. The molecule has 0 aliphatic rings. The van der Waals surface area contributed by atoms with Crippen LogP contribution in [0.3, 0.4) is 0 Å². The number of carbonyl (C=O) groups is 1. The summed E-state index contributed by atoms with van der Waals surface area (Å²) in [7, 11) is -4.05. The number of anilines is 1. The summed E-state index contributed by atoms with van der Waals surface area (Å²) in [5.74, 6) is 0.0240. The predicted octanol–water partition coefficient (Wildman–Crippen LogP) is 4.96. The average Bonchev–Trinajstić information content (AvgIpc) is 2.76. The number of nitrogens with one attached hydrogen (secondary N) is 2. The maximum Gasteiger partial charge on any atom is 0.271 e. The Morgan fingerprint density at radius 3 is 2.50 bits per heavy atom. The second kappa shape index (κ2) is 10.5. The molecule has 10 heteroatoms. The van der Waals surface area contributed by atoms with Crippen molar-refractivity contribution in [2.75, 3.05) is 11.3 Å². The summed E-state index contributed by atoms with van der Waals surface area (Å²) in [6.45, 7) is 2.35. The van der Waals surface area contributed by atoms with Gasteiger partial charge in [0.25, 0.3) is 15.9 Å². The van der Waals surface area contributed by atoms with Gasteiger partial charge in [-0.25, -0.2) is 13.8 Å². The molecule has 0 spiro atoms. The zero-order valence-corrected chi connectivity index (χ0v) is 19.2. The molecule has 0 radical (unpaired) electrons. The summed E-state index contributed by atoms with van der Waals surface area (Å²) >= 11 is 11.9. The van der Waals surface area contributed by atoms with E-state index in [0.717, 1.165) is 0 Å². The molecule has 0 atom stereocenters. The topological polar surface area (TPSA) is 96.9 Å². The van der Waals surface area contributed by atoms with Crippen LogP contribution in [0.2, 0.25) is 10.0 Å². The normalized spacial score (nSPS) is 11.3. The van der Waals surface area contributed by atoms with Crippen LogP contribution >= 0.6 is 23.2 Å². The van der Waals surface area contributed by atoms with E-state index in [1.165, 1.54) is 36.5 Å². The highest BCUT2D eigenvalue weighted by Gasteiger charge is 2.20. The van der Waals surface area contributed by atoms with Gasteiger partial charge in [-0.15, -0.1) is 0 Å². The highest BCUT2D eigenvalue weighted by atomic mass is 35.5. The molecular formula is C22H19Cl2N3O4S. The molecule has 3 aromatic carbocycles. The number of carbonyl (C=O) groups excluding carboxylic acids is 1. The van der Waals surface area contributed by atoms with Gasteiger partial charge >= 0.3 is 0 Å². The van der Waals surface area contributed by atoms with Gasteiger partial charge in [0.05, 0.1) is 17.8 Å². The van der Waals surface area contributed by atoms with Crippen LogP contribution in [0, 0.1) is 0 Å². The van der Waals surface area contributed by atoms with E-state index in [0.29, 0.717) is 28.6 Å². The Labute approximate surface area is 196 Å². The van der Waals surface area contributed by atoms with E-state index >= 15 is 0 Å². The maximum atomic E-state index is 12.8. The highest BCUT2D eigenvalue weighted by Crippen LogP contribution is 2.25. The fourth-order valence-electron chi connectivity index (χ4n) is 2.68. The number of nitrogens with zero attached hydrogens (tertiary/aromatic N) is 1. The van der Waals surface area contributed by atoms with Crippen LogP contribution in [0.4, 0.5) is 5.69 Å². The van der Waals surface area contributed by atoms with Crippen molar-refractivity contribution in [1.82, 2.24) is 5.43 Å². The molecule has 7 nitrogen and oxygen atoms in total. The molecule has 0 unspecified atom stereocenters. The molecule has 0 heterocycles. The van der Waals surface area contributed by atoms with Gasteiger partial charge in [-0.05, 0) is 61.5 Å². The van der Waals surface area contributed by atoms with Gasteiger partial charge in [0, 0.05) is 21.8 Å². The standard InChI is InChI=1S/C22H19Cl2N3O4S/c1-2-31-20-6-4-3-5-16(20)14-25-26-22(28)15-7-12-19(24)21(13-15)32(29,30)27-18-10-8-17(23)9-11-18/h3-14,27H,2H2,1H3,(H,26,28). The van der Waals surface area contributed by atoms with Crippen LogP contribution in [0.15, 0.2) is 76.7 Å².